The maximum absolute atomic E-state index is 11.1. The van der Waals surface area contributed by atoms with Crippen LogP contribution in [0.5, 0.6) is 0 Å². The van der Waals surface area contributed by atoms with Crippen LogP contribution in [0, 0.1) is 5.41 Å². The Morgan fingerprint density at radius 1 is 1.25 bits per heavy atom. The Balaban J connectivity index is 3.99. The molecule has 4 nitrogen and oxygen atoms in total. The van der Waals surface area contributed by atoms with Crippen molar-refractivity contribution in [3.05, 3.63) is 0 Å². The van der Waals surface area contributed by atoms with Gasteiger partial charge in [-0.25, -0.2) is 4.57 Å². The molecule has 0 aromatic rings. The van der Waals surface area contributed by atoms with Gasteiger partial charge < -0.3 is 0 Å². The summed E-state index contributed by atoms with van der Waals surface area (Å²) in [4.78, 5) is 0. The standard InChI is InChI=1S/C5H11Cl2O4P/c1-5(2,3)4-9-12(8,10-6)11-7/h4H2,1-3H3. The smallest absolute Gasteiger partial charge is 0.285 e. The zero-order valence-electron chi connectivity index (χ0n) is 7.04. The van der Waals surface area contributed by atoms with Gasteiger partial charge in [0, 0.05) is 0 Å². The van der Waals surface area contributed by atoms with E-state index in [1.165, 1.54) is 0 Å². The first-order valence-electron chi connectivity index (χ1n) is 3.18. The molecule has 0 spiro atoms. The second-order valence-corrected chi connectivity index (χ2v) is 5.68. The molecule has 0 rings (SSSR count). The Labute approximate surface area is 82.0 Å². The Bertz CT molecular complexity index is 171. The third-order valence-corrected chi connectivity index (χ3v) is 2.62. The zero-order valence-corrected chi connectivity index (χ0v) is 9.45. The first kappa shape index (κ1) is 12.7. The highest BCUT2D eigenvalue weighted by Crippen LogP contribution is 2.52. The molecule has 0 amide bonds. The molecule has 0 aromatic carbocycles. The van der Waals surface area contributed by atoms with Gasteiger partial charge in [0.1, 0.15) is 0 Å². The molecule has 0 saturated heterocycles. The number of hydrogen-bond acceptors (Lipinski definition) is 4. The van der Waals surface area contributed by atoms with E-state index in [1.807, 2.05) is 20.8 Å². The van der Waals surface area contributed by atoms with Crippen molar-refractivity contribution >= 4 is 31.6 Å². The Kier molecular flexibility index (Phi) is 5.07. The monoisotopic (exact) mass is 236 g/mol. The molecule has 0 aliphatic heterocycles. The predicted octanol–water partition coefficient (Wildman–Crippen LogP) is 3.50. The fraction of sp³-hybridized carbons (Fsp3) is 1.00. The van der Waals surface area contributed by atoms with E-state index in [4.69, 9.17) is 28.3 Å². The molecule has 0 aromatic heterocycles. The fourth-order valence-electron chi connectivity index (χ4n) is 0.323. The maximum Gasteiger partial charge on any atom is 0.507 e. The largest absolute Gasteiger partial charge is 0.507 e. The minimum atomic E-state index is -3.75. The highest BCUT2D eigenvalue weighted by atomic mass is 35.5. The average Bonchev–Trinajstić information content (AvgIpc) is 1.99. The molecule has 0 aliphatic carbocycles. The van der Waals surface area contributed by atoms with E-state index >= 15 is 0 Å². The van der Waals surface area contributed by atoms with Crippen LogP contribution in [0.1, 0.15) is 20.8 Å². The minimum absolute atomic E-state index is 0.166. The van der Waals surface area contributed by atoms with Crippen molar-refractivity contribution < 1.29 is 17.2 Å². The van der Waals surface area contributed by atoms with Crippen LogP contribution in [0.2, 0.25) is 0 Å². The maximum atomic E-state index is 11.1. The van der Waals surface area contributed by atoms with Gasteiger partial charge in [0.05, 0.1) is 30.3 Å². The normalized spacial score (nSPS) is 13.4. The van der Waals surface area contributed by atoms with E-state index in [0.717, 1.165) is 0 Å². The topological polar surface area (TPSA) is 44.8 Å². The number of halogens is 2. The van der Waals surface area contributed by atoms with Crippen LogP contribution in [-0.4, -0.2) is 6.61 Å². The Morgan fingerprint density at radius 3 is 1.92 bits per heavy atom. The van der Waals surface area contributed by atoms with Crippen LogP contribution < -0.4 is 0 Å². The third kappa shape index (κ3) is 5.36. The van der Waals surface area contributed by atoms with E-state index in [9.17, 15) is 4.57 Å². The quantitative estimate of drug-likeness (QED) is 0.702. The van der Waals surface area contributed by atoms with Gasteiger partial charge in [-0.3, -0.25) is 4.52 Å². The molecule has 7 heteroatoms. The highest BCUT2D eigenvalue weighted by Gasteiger charge is 2.29. The highest BCUT2D eigenvalue weighted by molar-refractivity contribution is 7.50. The molecule has 0 unspecified atom stereocenters. The van der Waals surface area contributed by atoms with Gasteiger partial charge in [0.25, 0.3) is 0 Å². The summed E-state index contributed by atoms with van der Waals surface area (Å²) in [5, 5.41) is 0. The molecule has 0 aliphatic rings. The first-order valence-corrected chi connectivity index (χ1v) is 5.26. The van der Waals surface area contributed by atoms with Gasteiger partial charge in [-0.05, 0) is 5.41 Å². The fourth-order valence-corrected chi connectivity index (χ4v) is 1.46. The van der Waals surface area contributed by atoms with E-state index in [-0.39, 0.29) is 12.0 Å². The summed E-state index contributed by atoms with van der Waals surface area (Å²) in [6, 6.07) is 0. The van der Waals surface area contributed by atoms with E-state index in [0.29, 0.717) is 0 Å². The Hall–Kier alpha value is 0.690. The average molecular weight is 237 g/mol. The summed E-state index contributed by atoms with van der Waals surface area (Å²) in [6.07, 6.45) is 0. The molecule has 0 atom stereocenters. The first-order chi connectivity index (χ1) is 5.33. The summed E-state index contributed by atoms with van der Waals surface area (Å²) in [5.41, 5.74) is -0.166. The zero-order chi connectivity index (χ0) is 9.83. The number of rotatable bonds is 4. The van der Waals surface area contributed by atoms with Crippen LogP contribution in [-0.2, 0) is 17.2 Å². The lowest BCUT2D eigenvalue weighted by Gasteiger charge is -2.19. The van der Waals surface area contributed by atoms with Gasteiger partial charge in [0.15, 0.2) is 0 Å². The molecule has 0 saturated carbocycles. The second-order valence-electron chi connectivity index (χ2n) is 3.42. The minimum Gasteiger partial charge on any atom is -0.285 e. The molecule has 0 N–H and O–H groups in total. The summed E-state index contributed by atoms with van der Waals surface area (Å²) in [6.45, 7) is 5.84. The summed E-state index contributed by atoms with van der Waals surface area (Å²) >= 11 is 9.68. The number of phosphoric acid groups is 1. The van der Waals surface area contributed by atoms with Crippen molar-refractivity contribution in [3.8, 4) is 0 Å². The van der Waals surface area contributed by atoms with Crippen LogP contribution in [0.15, 0.2) is 0 Å². The van der Waals surface area contributed by atoms with Gasteiger partial charge in [-0.2, -0.15) is 8.15 Å². The van der Waals surface area contributed by atoms with Gasteiger partial charge in [-0.1, -0.05) is 20.8 Å². The predicted molar refractivity (Wildman–Crippen MR) is 46.9 cm³/mol. The number of hydrogen-bond donors (Lipinski definition) is 0. The van der Waals surface area contributed by atoms with E-state index in [2.05, 4.69) is 8.15 Å². The van der Waals surface area contributed by atoms with Crippen LogP contribution >= 0.6 is 31.6 Å². The third-order valence-electron chi connectivity index (χ3n) is 0.825. The van der Waals surface area contributed by atoms with Crippen LogP contribution in [0.4, 0.5) is 0 Å². The summed E-state index contributed by atoms with van der Waals surface area (Å²) in [5.74, 6) is 0. The molecule has 0 fully saturated rings. The SMILES string of the molecule is CC(C)(C)COP(=O)(OCl)OCl. The molecule has 74 valence electrons. The van der Waals surface area contributed by atoms with Gasteiger partial charge >= 0.3 is 7.82 Å². The van der Waals surface area contributed by atoms with Crippen LogP contribution in [0.3, 0.4) is 0 Å². The van der Waals surface area contributed by atoms with Crippen molar-refractivity contribution in [1.82, 2.24) is 0 Å². The summed E-state index contributed by atoms with van der Waals surface area (Å²) < 4.78 is 23.7. The van der Waals surface area contributed by atoms with E-state index < -0.39 is 7.82 Å². The van der Waals surface area contributed by atoms with Crippen molar-refractivity contribution in [2.45, 2.75) is 20.8 Å². The molecule has 12 heavy (non-hydrogen) atoms. The molecule has 0 radical (unpaired) electrons. The lowest BCUT2D eigenvalue weighted by atomic mass is 9.99. The van der Waals surface area contributed by atoms with Crippen molar-refractivity contribution in [1.29, 1.82) is 0 Å². The van der Waals surface area contributed by atoms with Gasteiger partial charge in [-0.15, -0.1) is 0 Å². The van der Waals surface area contributed by atoms with E-state index in [1.54, 1.807) is 0 Å². The van der Waals surface area contributed by atoms with Crippen molar-refractivity contribution in [2.24, 2.45) is 5.41 Å². The van der Waals surface area contributed by atoms with Crippen molar-refractivity contribution in [2.75, 3.05) is 6.61 Å². The lowest BCUT2D eigenvalue weighted by Crippen LogP contribution is -2.13. The van der Waals surface area contributed by atoms with Gasteiger partial charge in [0.2, 0.25) is 0 Å². The van der Waals surface area contributed by atoms with Crippen molar-refractivity contribution in [3.63, 3.8) is 0 Å². The molecular weight excluding hydrogens is 226 g/mol. The van der Waals surface area contributed by atoms with Crippen LogP contribution in [0.25, 0.3) is 0 Å². The molecule has 0 heterocycles. The lowest BCUT2D eigenvalue weighted by molar-refractivity contribution is 0.152. The Morgan fingerprint density at radius 2 is 1.67 bits per heavy atom. The molecule has 0 bridgehead atoms. The summed E-state index contributed by atoms with van der Waals surface area (Å²) in [7, 11) is -3.75. The molecular formula is C5H11Cl2O4P. The second kappa shape index (κ2) is 4.80.